The van der Waals surface area contributed by atoms with E-state index in [0.29, 0.717) is 13.6 Å². The fraction of sp³-hybridized carbons (Fsp3) is 0.455. The molecular weight excluding hydrogens is 572 g/mol. The van der Waals surface area contributed by atoms with Crippen molar-refractivity contribution in [2.75, 3.05) is 0 Å². The quantitative estimate of drug-likeness (QED) is 0.423. The maximum absolute atomic E-state index is 12.2. The first-order valence-corrected chi connectivity index (χ1v) is 8.29. The van der Waals surface area contributed by atoms with E-state index in [9.17, 15) is 31.4 Å². The Bertz CT molecular complexity index is 666. The van der Waals surface area contributed by atoms with Gasteiger partial charge in [0.2, 0.25) is 0 Å². The first-order chi connectivity index (χ1) is 10.9. The molecule has 0 amide bonds. The van der Waals surface area contributed by atoms with Gasteiger partial charge in [0, 0.05) is 12.4 Å². The lowest BCUT2D eigenvalue weighted by Crippen LogP contribution is -2.17. The molecule has 1 unspecified atom stereocenters. The summed E-state index contributed by atoms with van der Waals surface area (Å²) < 4.78 is 72.2. The lowest BCUT2D eigenvalue weighted by atomic mass is 10.2. The first-order valence-electron chi connectivity index (χ1n) is 6.14. The summed E-state index contributed by atoms with van der Waals surface area (Å²) in [6.07, 6.45) is -6.59. The van der Waals surface area contributed by atoms with Crippen LogP contribution in [0.25, 0.3) is 0 Å². The molecule has 24 heavy (non-hydrogen) atoms. The van der Waals surface area contributed by atoms with Gasteiger partial charge in [0.15, 0.2) is 0 Å². The number of aromatic nitrogens is 4. The smallest absolute Gasteiger partial charge is 0.387 e. The standard InChI is InChI=1S/C7H8F3IN2O.C4H2F3IN2/c1-2-5(14)6-4(11)3-13(12-6)7(8,9)10;5-4(6,7)10-2-3(8)1-9-10/h3,5,14H,2H2,1H3;1-2H. The predicted octanol–water partition coefficient (Wildman–Crippen LogP) is 4.37. The summed E-state index contributed by atoms with van der Waals surface area (Å²) in [7, 11) is 0. The van der Waals surface area contributed by atoms with E-state index in [2.05, 4.69) is 10.2 Å². The van der Waals surface area contributed by atoms with Crippen LogP contribution in [0, 0.1) is 7.14 Å². The highest BCUT2D eigenvalue weighted by Gasteiger charge is 2.33. The van der Waals surface area contributed by atoms with E-state index in [4.69, 9.17) is 0 Å². The number of hydrogen-bond acceptors (Lipinski definition) is 3. The normalized spacial score (nSPS) is 13.4. The van der Waals surface area contributed by atoms with Crippen molar-refractivity contribution in [2.24, 2.45) is 0 Å². The second-order valence-corrected chi connectivity index (χ2v) is 6.68. The third-order valence-corrected chi connectivity index (χ3v) is 3.86. The number of halogens is 8. The van der Waals surface area contributed by atoms with Crippen molar-refractivity contribution in [2.45, 2.75) is 32.0 Å². The molecule has 2 heterocycles. The molecule has 2 aromatic rings. The average molecular weight is 582 g/mol. The zero-order valence-corrected chi connectivity index (χ0v) is 16.1. The van der Waals surface area contributed by atoms with Gasteiger partial charge in [-0.05, 0) is 51.6 Å². The highest BCUT2D eigenvalue weighted by Crippen LogP contribution is 2.27. The molecule has 0 aliphatic carbocycles. The summed E-state index contributed by atoms with van der Waals surface area (Å²) in [5.74, 6) is 0. The van der Waals surface area contributed by atoms with Crippen molar-refractivity contribution in [3.05, 3.63) is 31.4 Å². The largest absolute Gasteiger partial charge is 0.504 e. The minimum Gasteiger partial charge on any atom is -0.387 e. The molecule has 0 saturated carbocycles. The van der Waals surface area contributed by atoms with Gasteiger partial charge in [0.1, 0.15) is 5.69 Å². The van der Waals surface area contributed by atoms with Crippen LogP contribution in [0.1, 0.15) is 25.1 Å². The molecule has 1 atom stereocenters. The number of alkyl halides is 6. The molecule has 0 spiro atoms. The Hall–Kier alpha value is -0.580. The average Bonchev–Trinajstić information content (AvgIpc) is 3.04. The van der Waals surface area contributed by atoms with E-state index >= 15 is 0 Å². The number of aliphatic hydroxyl groups excluding tert-OH is 1. The third-order valence-electron chi connectivity index (χ3n) is 2.47. The fourth-order valence-electron chi connectivity index (χ4n) is 1.35. The molecule has 2 aromatic heterocycles. The molecule has 0 saturated heterocycles. The van der Waals surface area contributed by atoms with E-state index in [0.717, 1.165) is 18.6 Å². The Morgan fingerprint density at radius 3 is 1.92 bits per heavy atom. The maximum atomic E-state index is 12.2. The maximum Gasteiger partial charge on any atom is 0.504 e. The number of hydrogen-bond donors (Lipinski definition) is 1. The van der Waals surface area contributed by atoms with Crippen LogP contribution in [0.3, 0.4) is 0 Å². The highest BCUT2D eigenvalue weighted by molar-refractivity contribution is 14.1. The molecule has 136 valence electrons. The summed E-state index contributed by atoms with van der Waals surface area (Å²) in [5, 5.41) is 15.7. The lowest BCUT2D eigenvalue weighted by Gasteiger charge is -2.06. The van der Waals surface area contributed by atoms with Gasteiger partial charge in [-0.3, -0.25) is 0 Å². The molecular formula is C11H10F6I2N4O. The summed E-state index contributed by atoms with van der Waals surface area (Å²) >= 11 is 3.47. The molecule has 0 bridgehead atoms. The van der Waals surface area contributed by atoms with Gasteiger partial charge in [-0.1, -0.05) is 6.92 Å². The van der Waals surface area contributed by atoms with Crippen LogP contribution in [0.4, 0.5) is 26.3 Å². The lowest BCUT2D eigenvalue weighted by molar-refractivity contribution is -0.213. The van der Waals surface area contributed by atoms with Crippen molar-refractivity contribution < 1.29 is 31.4 Å². The Kier molecular flexibility index (Phi) is 7.33. The summed E-state index contributed by atoms with van der Waals surface area (Å²) in [6.45, 7) is 1.67. The van der Waals surface area contributed by atoms with Crippen LogP contribution in [-0.4, -0.2) is 24.7 Å². The van der Waals surface area contributed by atoms with Gasteiger partial charge >= 0.3 is 12.6 Å². The first kappa shape index (κ1) is 21.5. The van der Waals surface area contributed by atoms with Crippen LogP contribution in [0.2, 0.25) is 0 Å². The third kappa shape index (κ3) is 6.05. The molecule has 2 rings (SSSR count). The van der Waals surface area contributed by atoms with Gasteiger partial charge < -0.3 is 5.11 Å². The van der Waals surface area contributed by atoms with Gasteiger partial charge in [-0.2, -0.15) is 19.6 Å². The molecule has 13 heteroatoms. The summed E-state index contributed by atoms with van der Waals surface area (Å²) in [4.78, 5) is 0. The van der Waals surface area contributed by atoms with Crippen LogP contribution >= 0.6 is 45.2 Å². The zero-order chi connectivity index (χ0) is 18.7. The van der Waals surface area contributed by atoms with E-state index < -0.39 is 18.7 Å². The Morgan fingerprint density at radius 1 is 1.08 bits per heavy atom. The van der Waals surface area contributed by atoms with Crippen LogP contribution in [0.5, 0.6) is 0 Å². The van der Waals surface area contributed by atoms with Crippen LogP contribution in [0.15, 0.2) is 18.6 Å². The van der Waals surface area contributed by atoms with Crippen molar-refractivity contribution in [3.8, 4) is 0 Å². The minimum absolute atomic E-state index is 0.0330. The number of aliphatic hydroxyl groups is 1. The summed E-state index contributed by atoms with van der Waals surface area (Å²) in [5.41, 5.74) is 0.0745. The number of nitrogens with zero attached hydrogens (tertiary/aromatic N) is 4. The van der Waals surface area contributed by atoms with E-state index in [1.807, 2.05) is 0 Å². The highest BCUT2D eigenvalue weighted by atomic mass is 127. The molecule has 0 radical (unpaired) electrons. The van der Waals surface area contributed by atoms with Gasteiger partial charge in [0.05, 0.1) is 19.4 Å². The van der Waals surface area contributed by atoms with Crippen molar-refractivity contribution >= 4 is 45.2 Å². The second-order valence-electron chi connectivity index (χ2n) is 4.27. The van der Waals surface area contributed by atoms with Crippen LogP contribution < -0.4 is 0 Å². The molecule has 0 fully saturated rings. The van der Waals surface area contributed by atoms with Crippen LogP contribution in [-0.2, 0) is 12.6 Å². The molecule has 1 N–H and O–H groups in total. The molecule has 0 aromatic carbocycles. The van der Waals surface area contributed by atoms with Crippen molar-refractivity contribution in [1.82, 2.24) is 19.6 Å². The molecule has 0 aliphatic heterocycles. The summed E-state index contributed by atoms with van der Waals surface area (Å²) in [6, 6.07) is 0. The monoisotopic (exact) mass is 582 g/mol. The topological polar surface area (TPSA) is 55.9 Å². The predicted molar refractivity (Wildman–Crippen MR) is 87.7 cm³/mol. The van der Waals surface area contributed by atoms with Gasteiger partial charge in [0.25, 0.3) is 0 Å². The minimum atomic E-state index is -4.52. The van der Waals surface area contributed by atoms with E-state index in [1.54, 1.807) is 52.1 Å². The fourth-order valence-corrected chi connectivity index (χ4v) is 2.47. The van der Waals surface area contributed by atoms with E-state index in [-0.39, 0.29) is 15.1 Å². The van der Waals surface area contributed by atoms with Crippen molar-refractivity contribution in [3.63, 3.8) is 0 Å². The van der Waals surface area contributed by atoms with Gasteiger partial charge in [-0.15, -0.1) is 26.3 Å². The zero-order valence-electron chi connectivity index (χ0n) is 11.8. The van der Waals surface area contributed by atoms with Gasteiger partial charge in [-0.25, -0.2) is 0 Å². The Labute approximate surface area is 159 Å². The Morgan fingerprint density at radius 2 is 1.62 bits per heavy atom. The van der Waals surface area contributed by atoms with E-state index in [1.165, 1.54) is 0 Å². The molecule has 5 nitrogen and oxygen atoms in total. The SMILES string of the molecule is CCC(O)c1nn(C(F)(F)F)cc1I.FC(F)(F)n1cc(I)cn1. The Balaban J connectivity index is 0.000000254. The number of rotatable bonds is 2. The second kappa shape index (κ2) is 8.20. The van der Waals surface area contributed by atoms with Crippen molar-refractivity contribution in [1.29, 1.82) is 0 Å². The molecule has 0 aliphatic rings.